The average Bonchev–Trinajstić information content (AvgIpc) is 3.34. The van der Waals surface area contributed by atoms with Gasteiger partial charge in [-0.2, -0.15) is 0 Å². The molecule has 34 heavy (non-hydrogen) atoms. The van der Waals surface area contributed by atoms with E-state index in [4.69, 9.17) is 9.97 Å². The highest BCUT2D eigenvalue weighted by Gasteiger charge is 2.42. The van der Waals surface area contributed by atoms with Crippen molar-refractivity contribution in [1.82, 2.24) is 15.0 Å². The Labute approximate surface area is 203 Å². The second-order valence-electron chi connectivity index (χ2n) is 9.23. The van der Waals surface area contributed by atoms with Crippen molar-refractivity contribution in [3.05, 3.63) is 82.1 Å². The summed E-state index contributed by atoms with van der Waals surface area (Å²) in [6, 6.07) is 16.5. The van der Waals surface area contributed by atoms with E-state index in [0.717, 1.165) is 57.0 Å². The van der Waals surface area contributed by atoms with Crippen LogP contribution in [0.4, 0.5) is 16.6 Å². The van der Waals surface area contributed by atoms with Crippen molar-refractivity contribution in [2.75, 3.05) is 17.3 Å². The maximum atomic E-state index is 12.6. The largest absolute Gasteiger partial charge is 0.316 e. The Hall–Kier alpha value is -3.58. The van der Waals surface area contributed by atoms with Gasteiger partial charge in [0.1, 0.15) is 11.6 Å². The molecule has 0 saturated carbocycles. The summed E-state index contributed by atoms with van der Waals surface area (Å²) in [5, 5.41) is 6.25. The van der Waals surface area contributed by atoms with Crippen molar-refractivity contribution in [3.63, 3.8) is 0 Å². The van der Waals surface area contributed by atoms with Crippen LogP contribution in [0.3, 0.4) is 0 Å². The van der Waals surface area contributed by atoms with E-state index in [9.17, 15) is 4.79 Å². The van der Waals surface area contributed by atoms with Crippen molar-refractivity contribution in [2.24, 2.45) is 0 Å². The van der Waals surface area contributed by atoms with Crippen LogP contribution in [0.5, 0.6) is 0 Å². The van der Waals surface area contributed by atoms with Crippen LogP contribution in [0.2, 0.25) is 0 Å². The molecule has 0 unspecified atom stereocenters. The van der Waals surface area contributed by atoms with E-state index < -0.39 is 5.41 Å². The van der Waals surface area contributed by atoms with E-state index in [1.807, 2.05) is 70.5 Å². The maximum absolute atomic E-state index is 12.6. The van der Waals surface area contributed by atoms with Crippen LogP contribution >= 0.6 is 11.3 Å². The summed E-state index contributed by atoms with van der Waals surface area (Å²) in [5.74, 6) is 1.63. The highest BCUT2D eigenvalue weighted by molar-refractivity contribution is 7.14. The van der Waals surface area contributed by atoms with Gasteiger partial charge < -0.3 is 10.2 Å². The number of rotatable bonds is 5. The summed E-state index contributed by atoms with van der Waals surface area (Å²) in [6.45, 7) is 7.88. The summed E-state index contributed by atoms with van der Waals surface area (Å²) in [5.41, 5.74) is 6.57. The molecule has 0 fully saturated rings. The first-order valence-electron chi connectivity index (χ1n) is 11.3. The molecule has 6 nitrogen and oxygen atoms in total. The van der Waals surface area contributed by atoms with Crippen LogP contribution in [-0.2, 0) is 16.6 Å². The molecule has 1 amide bonds. The Bertz CT molecular complexity index is 1390. The first-order valence-corrected chi connectivity index (χ1v) is 12.2. The van der Waals surface area contributed by atoms with Crippen LogP contribution < -0.4 is 10.2 Å². The summed E-state index contributed by atoms with van der Waals surface area (Å²) in [4.78, 5) is 28.5. The third-order valence-corrected chi connectivity index (χ3v) is 7.20. The molecule has 1 N–H and O–H groups in total. The number of benzene rings is 2. The molecule has 2 aromatic carbocycles. The fourth-order valence-corrected chi connectivity index (χ4v) is 5.27. The number of fused-ring (bicyclic) bond motifs is 1. The number of nitrogens with zero attached hydrogens (tertiary/aromatic N) is 4. The van der Waals surface area contributed by atoms with Crippen molar-refractivity contribution in [3.8, 4) is 11.3 Å². The van der Waals surface area contributed by atoms with E-state index in [1.165, 1.54) is 5.56 Å². The first-order chi connectivity index (χ1) is 16.2. The quantitative estimate of drug-likeness (QED) is 0.400. The number of likely N-dealkylation sites (N-methyl/N-ethyl adjacent to an activating group) is 1. The van der Waals surface area contributed by atoms with Gasteiger partial charge in [0.25, 0.3) is 0 Å². The summed E-state index contributed by atoms with van der Waals surface area (Å²) < 4.78 is 0. The average molecular weight is 470 g/mol. The number of thiazole rings is 1. The molecule has 0 spiro atoms. The fraction of sp³-hybridized carbons (Fsp3) is 0.259. The molecule has 5 rings (SSSR count). The molecule has 0 aliphatic carbocycles. The van der Waals surface area contributed by atoms with Gasteiger partial charge in [-0.15, -0.1) is 11.3 Å². The van der Waals surface area contributed by atoms with Gasteiger partial charge in [-0.05, 0) is 51.0 Å². The minimum Gasteiger partial charge on any atom is -0.316 e. The van der Waals surface area contributed by atoms with Crippen LogP contribution in [0.15, 0.2) is 53.9 Å². The molecule has 0 saturated heterocycles. The SMILES string of the molecule is Cc1nc(C)c(Cc2ccccc2)c(Nc2nc(-c3ccc4c(c3)C(C)(C)C(=O)N4C)cs2)n1. The molecular formula is C27H27N5OS. The van der Waals surface area contributed by atoms with Gasteiger partial charge in [0.15, 0.2) is 5.13 Å². The minimum atomic E-state index is -0.542. The molecule has 0 atom stereocenters. The smallest absolute Gasteiger partial charge is 0.236 e. The molecule has 7 heteroatoms. The lowest BCUT2D eigenvalue weighted by Crippen LogP contribution is -2.33. The predicted octanol–water partition coefficient (Wildman–Crippen LogP) is 5.81. The molecule has 1 aliphatic rings. The zero-order valence-electron chi connectivity index (χ0n) is 20.0. The predicted molar refractivity (Wildman–Crippen MR) is 138 cm³/mol. The molecule has 4 aromatic rings. The van der Waals surface area contributed by atoms with Crippen molar-refractivity contribution in [1.29, 1.82) is 0 Å². The first kappa shape index (κ1) is 22.2. The molecule has 0 bridgehead atoms. The van der Waals surface area contributed by atoms with Gasteiger partial charge in [-0.25, -0.2) is 15.0 Å². The third-order valence-electron chi connectivity index (χ3n) is 6.45. The normalized spacial score (nSPS) is 14.4. The van der Waals surface area contributed by atoms with Crippen molar-refractivity contribution in [2.45, 2.75) is 39.5 Å². The van der Waals surface area contributed by atoms with Gasteiger partial charge in [0, 0.05) is 41.4 Å². The van der Waals surface area contributed by atoms with Gasteiger partial charge >= 0.3 is 0 Å². The molecule has 2 aromatic heterocycles. The number of aryl methyl sites for hydroxylation is 2. The second kappa shape index (κ2) is 8.33. The topological polar surface area (TPSA) is 71.0 Å². The van der Waals surface area contributed by atoms with Crippen LogP contribution in [0.25, 0.3) is 11.3 Å². The third kappa shape index (κ3) is 3.86. The summed E-state index contributed by atoms with van der Waals surface area (Å²) in [7, 11) is 1.83. The van der Waals surface area contributed by atoms with Crippen LogP contribution in [0.1, 0.15) is 42.1 Å². The van der Waals surface area contributed by atoms with Crippen LogP contribution in [-0.4, -0.2) is 27.9 Å². The Balaban J connectivity index is 1.45. The molecule has 1 aliphatic heterocycles. The van der Waals surface area contributed by atoms with E-state index in [-0.39, 0.29) is 5.91 Å². The lowest BCUT2D eigenvalue weighted by atomic mass is 9.85. The van der Waals surface area contributed by atoms with Crippen molar-refractivity contribution < 1.29 is 4.79 Å². The Kier molecular flexibility index (Phi) is 5.44. The minimum absolute atomic E-state index is 0.112. The van der Waals surface area contributed by atoms with Gasteiger partial charge in [-0.1, -0.05) is 36.4 Å². The number of nitrogens with one attached hydrogen (secondary N) is 1. The van der Waals surface area contributed by atoms with E-state index in [0.29, 0.717) is 0 Å². The highest BCUT2D eigenvalue weighted by Crippen LogP contribution is 2.42. The van der Waals surface area contributed by atoms with Gasteiger partial charge in [0.2, 0.25) is 5.91 Å². The van der Waals surface area contributed by atoms with E-state index >= 15 is 0 Å². The number of anilines is 3. The molecule has 172 valence electrons. The van der Waals surface area contributed by atoms with Gasteiger partial charge in [-0.3, -0.25) is 4.79 Å². The fourth-order valence-electron chi connectivity index (χ4n) is 4.55. The zero-order valence-corrected chi connectivity index (χ0v) is 20.8. The number of hydrogen-bond donors (Lipinski definition) is 1. The maximum Gasteiger partial charge on any atom is 0.236 e. The highest BCUT2D eigenvalue weighted by atomic mass is 32.1. The van der Waals surface area contributed by atoms with Crippen molar-refractivity contribution >= 4 is 33.9 Å². The zero-order chi connectivity index (χ0) is 24.0. The number of carbonyl (C=O) groups is 1. The van der Waals surface area contributed by atoms with Gasteiger partial charge in [0.05, 0.1) is 11.1 Å². The van der Waals surface area contributed by atoms with E-state index in [1.54, 1.807) is 16.2 Å². The number of amides is 1. The Morgan fingerprint density at radius 2 is 1.79 bits per heavy atom. The number of hydrogen-bond acceptors (Lipinski definition) is 6. The molecule has 0 radical (unpaired) electrons. The number of aromatic nitrogens is 3. The molecule has 3 heterocycles. The second-order valence-corrected chi connectivity index (χ2v) is 10.1. The Morgan fingerprint density at radius 3 is 2.56 bits per heavy atom. The number of carbonyl (C=O) groups excluding carboxylic acids is 1. The summed E-state index contributed by atoms with van der Waals surface area (Å²) >= 11 is 1.54. The monoisotopic (exact) mass is 469 g/mol. The van der Waals surface area contributed by atoms with Crippen LogP contribution in [0, 0.1) is 13.8 Å². The molecular weight excluding hydrogens is 442 g/mol. The lowest BCUT2D eigenvalue weighted by Gasteiger charge is -2.16. The van der Waals surface area contributed by atoms with E-state index in [2.05, 4.69) is 28.5 Å². The standard InChI is InChI=1S/C27H27N5OS/c1-16-20(13-18-9-7-6-8-10-18)24(29-17(2)28-16)31-26-30-22(15-34-26)19-11-12-23-21(14-19)27(3,4)25(33)32(23)5/h6-12,14-15H,13H2,1-5H3,(H,28,29,30,31). The summed E-state index contributed by atoms with van der Waals surface area (Å²) in [6.07, 6.45) is 0.745. The Morgan fingerprint density at radius 1 is 1.03 bits per heavy atom. The lowest BCUT2D eigenvalue weighted by molar-refractivity contribution is -0.121.